The molecule has 0 atom stereocenters. The van der Waals surface area contributed by atoms with Gasteiger partial charge in [-0.25, -0.2) is 9.97 Å². The van der Waals surface area contributed by atoms with Crippen LogP contribution in [0.2, 0.25) is 0 Å². The second-order valence-electron chi connectivity index (χ2n) is 5.94. The highest BCUT2D eigenvalue weighted by Crippen LogP contribution is 2.23. The second-order valence-corrected chi connectivity index (χ2v) is 7.17. The Kier molecular flexibility index (Phi) is 4.36. The summed E-state index contributed by atoms with van der Waals surface area (Å²) in [6, 6.07) is 8.55. The van der Waals surface area contributed by atoms with Gasteiger partial charge in [0.15, 0.2) is 5.65 Å². The van der Waals surface area contributed by atoms with Gasteiger partial charge in [-0.1, -0.05) is 12.1 Å². The summed E-state index contributed by atoms with van der Waals surface area (Å²) < 4.78 is 1.76. The number of nitrogens with zero attached hydrogens (tertiary/aromatic N) is 5. The number of nitrogens with one attached hydrogen (secondary N) is 1. The molecule has 0 amide bonds. The molecule has 0 unspecified atom stereocenters. The molecule has 0 spiro atoms. The van der Waals surface area contributed by atoms with E-state index in [1.165, 1.54) is 30.2 Å². The summed E-state index contributed by atoms with van der Waals surface area (Å²) in [5, 5.41) is 8.60. The van der Waals surface area contributed by atoms with E-state index in [1.54, 1.807) is 17.2 Å². The fourth-order valence-corrected chi connectivity index (χ4v) is 3.94. The molecule has 1 aromatic carbocycles. The number of fused-ring (bicyclic) bond motifs is 1. The predicted octanol–water partition coefficient (Wildman–Crippen LogP) is 2.66. The molecule has 0 saturated carbocycles. The van der Waals surface area contributed by atoms with Crippen molar-refractivity contribution in [3.8, 4) is 0 Å². The molecule has 3 aromatic rings. The topological polar surface area (TPSA) is 58.9 Å². The number of aryl methyl sites for hydroxylation is 1. The molecule has 1 aliphatic heterocycles. The van der Waals surface area contributed by atoms with Crippen molar-refractivity contribution >= 4 is 34.3 Å². The number of benzene rings is 1. The highest BCUT2D eigenvalue weighted by molar-refractivity contribution is 7.99. The molecule has 3 heterocycles. The van der Waals surface area contributed by atoms with Crippen LogP contribution in [0.3, 0.4) is 0 Å². The predicted molar refractivity (Wildman–Crippen MR) is 98.6 cm³/mol. The maximum absolute atomic E-state index is 4.37. The minimum Gasteiger partial charge on any atom is -0.340 e. The van der Waals surface area contributed by atoms with Crippen molar-refractivity contribution in [2.75, 3.05) is 29.9 Å². The van der Waals surface area contributed by atoms with Gasteiger partial charge in [0.25, 0.3) is 0 Å². The summed E-state index contributed by atoms with van der Waals surface area (Å²) in [5.41, 5.74) is 3.19. The van der Waals surface area contributed by atoms with Crippen LogP contribution in [-0.4, -0.2) is 49.2 Å². The molecule has 124 valence electrons. The second kappa shape index (κ2) is 6.78. The molecule has 24 heavy (non-hydrogen) atoms. The molecule has 0 aliphatic carbocycles. The molecule has 6 nitrogen and oxygen atoms in total. The zero-order chi connectivity index (χ0) is 16.4. The van der Waals surface area contributed by atoms with Crippen molar-refractivity contribution < 1.29 is 0 Å². The lowest BCUT2D eigenvalue weighted by Gasteiger charge is -2.26. The maximum Gasteiger partial charge on any atom is 0.163 e. The quantitative estimate of drug-likeness (QED) is 0.788. The standard InChI is InChI=1S/C17H20N6S/c1-22-17-15(10-20-22)16(18-12-19-17)21-14-4-2-3-13(9-14)11-23-5-7-24-8-6-23/h2-4,9-10,12H,5-8,11H2,1H3,(H,18,19,21). The monoisotopic (exact) mass is 340 g/mol. The van der Waals surface area contributed by atoms with Gasteiger partial charge in [-0.15, -0.1) is 0 Å². The molecule has 4 rings (SSSR count). The summed E-state index contributed by atoms with van der Waals surface area (Å²) in [7, 11) is 1.89. The fourth-order valence-electron chi connectivity index (χ4n) is 2.96. The average molecular weight is 340 g/mol. The molecule has 0 radical (unpaired) electrons. The Morgan fingerprint density at radius 1 is 1.21 bits per heavy atom. The normalized spacial score (nSPS) is 15.7. The number of thioether (sulfide) groups is 1. The molecular formula is C17H20N6S. The SMILES string of the molecule is Cn1ncc2c(Nc3cccc(CN4CCSCC4)c3)ncnc21. The van der Waals surface area contributed by atoms with Gasteiger partial charge in [-0.2, -0.15) is 16.9 Å². The number of hydrogen-bond acceptors (Lipinski definition) is 6. The van der Waals surface area contributed by atoms with E-state index < -0.39 is 0 Å². The van der Waals surface area contributed by atoms with Gasteiger partial charge >= 0.3 is 0 Å². The van der Waals surface area contributed by atoms with Crippen LogP contribution in [0.5, 0.6) is 0 Å². The smallest absolute Gasteiger partial charge is 0.163 e. The van der Waals surface area contributed by atoms with E-state index in [4.69, 9.17) is 0 Å². The van der Waals surface area contributed by atoms with Crippen molar-refractivity contribution in [3.05, 3.63) is 42.4 Å². The van der Waals surface area contributed by atoms with Crippen molar-refractivity contribution in [1.82, 2.24) is 24.6 Å². The zero-order valence-corrected chi connectivity index (χ0v) is 14.5. The maximum atomic E-state index is 4.37. The third-order valence-electron chi connectivity index (χ3n) is 4.23. The Bertz CT molecular complexity index is 840. The summed E-state index contributed by atoms with van der Waals surface area (Å²) in [4.78, 5) is 11.2. The molecule has 1 N–H and O–H groups in total. The van der Waals surface area contributed by atoms with E-state index in [9.17, 15) is 0 Å². The summed E-state index contributed by atoms with van der Waals surface area (Å²) in [6.45, 7) is 3.34. The molecule has 7 heteroatoms. The van der Waals surface area contributed by atoms with Gasteiger partial charge < -0.3 is 5.32 Å². The van der Waals surface area contributed by atoms with Gasteiger partial charge in [-0.3, -0.25) is 9.58 Å². The summed E-state index contributed by atoms with van der Waals surface area (Å²) in [5.74, 6) is 3.26. The van der Waals surface area contributed by atoms with Gasteiger partial charge in [-0.05, 0) is 17.7 Å². The molecular weight excluding hydrogens is 320 g/mol. The first-order chi connectivity index (χ1) is 11.8. The Hall–Kier alpha value is -2.12. The lowest BCUT2D eigenvalue weighted by molar-refractivity contribution is 0.294. The van der Waals surface area contributed by atoms with Crippen molar-refractivity contribution in [1.29, 1.82) is 0 Å². The van der Waals surface area contributed by atoms with Crippen molar-refractivity contribution in [3.63, 3.8) is 0 Å². The third kappa shape index (κ3) is 3.22. The van der Waals surface area contributed by atoms with E-state index >= 15 is 0 Å². The Balaban J connectivity index is 1.54. The molecule has 1 aliphatic rings. The largest absolute Gasteiger partial charge is 0.340 e. The molecule has 0 bridgehead atoms. The van der Waals surface area contributed by atoms with Crippen LogP contribution in [0.1, 0.15) is 5.56 Å². The number of aromatic nitrogens is 4. The van der Waals surface area contributed by atoms with Crippen LogP contribution >= 0.6 is 11.8 Å². The van der Waals surface area contributed by atoms with Crippen LogP contribution < -0.4 is 5.32 Å². The first kappa shape index (κ1) is 15.4. The first-order valence-corrected chi connectivity index (χ1v) is 9.24. The van der Waals surface area contributed by atoms with Crippen LogP contribution in [0.25, 0.3) is 11.0 Å². The summed E-state index contributed by atoms with van der Waals surface area (Å²) in [6.07, 6.45) is 3.37. The van der Waals surface area contributed by atoms with Crippen molar-refractivity contribution in [2.45, 2.75) is 6.54 Å². The molecule has 1 saturated heterocycles. The van der Waals surface area contributed by atoms with E-state index in [-0.39, 0.29) is 0 Å². The van der Waals surface area contributed by atoms with E-state index in [1.807, 2.05) is 18.8 Å². The lowest BCUT2D eigenvalue weighted by atomic mass is 10.2. The molecule has 1 fully saturated rings. The van der Waals surface area contributed by atoms with Gasteiger partial charge in [0.2, 0.25) is 0 Å². The highest BCUT2D eigenvalue weighted by atomic mass is 32.2. The van der Waals surface area contributed by atoms with E-state index in [0.717, 1.165) is 29.1 Å². The van der Waals surface area contributed by atoms with Gasteiger partial charge in [0.1, 0.15) is 12.1 Å². The molecule has 2 aromatic heterocycles. The zero-order valence-electron chi connectivity index (χ0n) is 13.6. The Labute approximate surface area is 145 Å². The van der Waals surface area contributed by atoms with Crippen LogP contribution in [0.15, 0.2) is 36.8 Å². The van der Waals surface area contributed by atoms with E-state index in [2.05, 4.69) is 49.5 Å². The minimum absolute atomic E-state index is 0.791. The number of rotatable bonds is 4. The average Bonchev–Trinajstić information content (AvgIpc) is 2.99. The number of anilines is 2. The Morgan fingerprint density at radius 3 is 2.96 bits per heavy atom. The van der Waals surface area contributed by atoms with Crippen LogP contribution in [0.4, 0.5) is 11.5 Å². The minimum atomic E-state index is 0.791. The first-order valence-electron chi connectivity index (χ1n) is 8.08. The third-order valence-corrected chi connectivity index (χ3v) is 5.17. The Morgan fingerprint density at radius 2 is 2.08 bits per heavy atom. The van der Waals surface area contributed by atoms with E-state index in [0.29, 0.717) is 0 Å². The van der Waals surface area contributed by atoms with Crippen LogP contribution in [0, 0.1) is 0 Å². The number of hydrogen-bond donors (Lipinski definition) is 1. The van der Waals surface area contributed by atoms with Gasteiger partial charge in [0, 0.05) is 43.9 Å². The highest BCUT2D eigenvalue weighted by Gasteiger charge is 2.11. The lowest BCUT2D eigenvalue weighted by Crippen LogP contribution is -2.31. The van der Waals surface area contributed by atoms with Gasteiger partial charge in [0.05, 0.1) is 11.6 Å². The summed E-state index contributed by atoms with van der Waals surface area (Å²) >= 11 is 2.04. The van der Waals surface area contributed by atoms with Crippen molar-refractivity contribution in [2.24, 2.45) is 7.05 Å². The van der Waals surface area contributed by atoms with Crippen LogP contribution in [-0.2, 0) is 13.6 Å². The fraction of sp³-hybridized carbons (Fsp3) is 0.353.